The normalized spacial score (nSPS) is 11.2. The van der Waals surface area contributed by atoms with Crippen molar-refractivity contribution < 1.29 is 0 Å². The Bertz CT molecular complexity index is 792. The van der Waals surface area contributed by atoms with E-state index in [1.807, 2.05) is 36.4 Å². The molecular weight excluding hydrogens is 364 g/mol. The molecule has 0 radical (unpaired) electrons. The summed E-state index contributed by atoms with van der Waals surface area (Å²) in [5, 5.41) is 2.47. The van der Waals surface area contributed by atoms with Crippen LogP contribution in [0.15, 0.2) is 49.5 Å². The summed E-state index contributed by atoms with van der Waals surface area (Å²) in [5.74, 6) is 0. The van der Waals surface area contributed by atoms with Crippen LogP contribution in [0.4, 0.5) is 0 Å². The molecule has 0 atom stereocenters. The maximum atomic E-state index is 12.4. The van der Waals surface area contributed by atoms with Gasteiger partial charge in [-0.2, -0.15) is 0 Å². The number of hydrogen-bond donors (Lipinski definition) is 0. The molecule has 1 heterocycles. The zero-order valence-electron chi connectivity index (χ0n) is 8.54. The molecule has 0 saturated carbocycles. The number of rotatable bonds is 0. The van der Waals surface area contributed by atoms with Gasteiger partial charge in [-0.1, -0.05) is 40.2 Å². The first kappa shape index (κ1) is 11.4. The van der Waals surface area contributed by atoms with Gasteiger partial charge in [-0.05, 0) is 33.4 Å². The van der Waals surface area contributed by atoms with E-state index in [0.717, 1.165) is 29.1 Å². The monoisotopic (exact) mass is 368 g/mol. The van der Waals surface area contributed by atoms with Gasteiger partial charge in [0, 0.05) is 19.9 Å². The Hall–Kier alpha value is -0.710. The quantitative estimate of drug-likeness (QED) is 0.548. The zero-order valence-corrected chi connectivity index (χ0v) is 12.5. The van der Waals surface area contributed by atoms with Crippen molar-refractivity contribution in [2.24, 2.45) is 0 Å². The van der Waals surface area contributed by atoms with E-state index in [2.05, 4.69) is 31.9 Å². The summed E-state index contributed by atoms with van der Waals surface area (Å²) in [6.07, 6.45) is 0. The summed E-state index contributed by atoms with van der Waals surface area (Å²) in [6.45, 7) is 0. The molecule has 3 aromatic rings. The fraction of sp³-hybridized carbons (Fsp3) is 0. The van der Waals surface area contributed by atoms with Crippen LogP contribution in [0, 0.1) is 0 Å². The molecular formula is C13H6Br2OS. The van der Waals surface area contributed by atoms with Crippen LogP contribution in [-0.2, 0) is 0 Å². The van der Waals surface area contributed by atoms with Crippen LogP contribution in [0.25, 0.3) is 20.9 Å². The van der Waals surface area contributed by atoms with Crippen LogP contribution in [0.1, 0.15) is 0 Å². The summed E-state index contributed by atoms with van der Waals surface area (Å²) < 4.78 is 2.92. The van der Waals surface area contributed by atoms with Crippen LogP contribution < -0.4 is 5.43 Å². The van der Waals surface area contributed by atoms with E-state index < -0.39 is 0 Å². The summed E-state index contributed by atoms with van der Waals surface area (Å²) in [7, 11) is 0. The number of halogens is 2. The molecule has 0 saturated heterocycles. The second-order valence-electron chi connectivity index (χ2n) is 3.70. The molecule has 0 spiro atoms. The van der Waals surface area contributed by atoms with Crippen LogP contribution in [-0.4, -0.2) is 0 Å². The molecule has 17 heavy (non-hydrogen) atoms. The van der Waals surface area contributed by atoms with E-state index in [-0.39, 0.29) is 5.43 Å². The number of benzene rings is 1. The number of hydrogen-bond acceptors (Lipinski definition) is 2. The van der Waals surface area contributed by atoms with Crippen LogP contribution >= 0.6 is 43.2 Å². The van der Waals surface area contributed by atoms with Gasteiger partial charge in [0.25, 0.3) is 0 Å². The third kappa shape index (κ3) is 1.84. The molecule has 3 rings (SSSR count). The third-order valence-corrected chi connectivity index (χ3v) is 4.90. The molecule has 1 nitrogen and oxygen atoms in total. The van der Waals surface area contributed by atoms with Gasteiger partial charge in [0.15, 0.2) is 5.43 Å². The highest BCUT2D eigenvalue weighted by atomic mass is 79.9. The molecule has 0 aliphatic carbocycles. The maximum Gasteiger partial charge on any atom is 0.195 e. The summed E-state index contributed by atoms with van der Waals surface area (Å²) in [4.78, 5) is 12.4. The second kappa shape index (κ2) is 4.19. The smallest absolute Gasteiger partial charge is 0.195 e. The minimum Gasteiger partial charge on any atom is -0.289 e. The van der Waals surface area contributed by atoms with Crippen molar-refractivity contribution in [1.29, 1.82) is 0 Å². The Balaban J connectivity index is 2.70. The second-order valence-corrected chi connectivity index (χ2v) is 7.01. The van der Waals surface area contributed by atoms with Crippen LogP contribution in [0.2, 0.25) is 0 Å². The van der Waals surface area contributed by atoms with Gasteiger partial charge < -0.3 is 0 Å². The Labute approximate surface area is 118 Å². The Morgan fingerprint density at radius 3 is 2.41 bits per heavy atom. The largest absolute Gasteiger partial charge is 0.289 e. The van der Waals surface area contributed by atoms with Crippen molar-refractivity contribution in [3.63, 3.8) is 0 Å². The van der Waals surface area contributed by atoms with Crippen molar-refractivity contribution in [3.05, 3.63) is 54.9 Å². The topological polar surface area (TPSA) is 17.1 Å². The predicted octanol–water partition coefficient (Wildman–Crippen LogP) is 4.94. The first-order valence-electron chi connectivity index (χ1n) is 4.97. The average molecular weight is 370 g/mol. The van der Waals surface area contributed by atoms with E-state index in [4.69, 9.17) is 0 Å². The lowest BCUT2D eigenvalue weighted by molar-refractivity contribution is 1.75. The summed E-state index contributed by atoms with van der Waals surface area (Å²) in [5.41, 5.74) is 0.0863. The van der Waals surface area contributed by atoms with Crippen molar-refractivity contribution in [2.75, 3.05) is 0 Å². The molecule has 1 aromatic heterocycles. The van der Waals surface area contributed by atoms with Gasteiger partial charge in [-0.3, -0.25) is 4.79 Å². The first-order chi connectivity index (χ1) is 8.16. The maximum absolute atomic E-state index is 12.4. The van der Waals surface area contributed by atoms with Crippen molar-refractivity contribution in [1.82, 2.24) is 0 Å². The van der Waals surface area contributed by atoms with E-state index in [1.165, 1.54) is 0 Å². The van der Waals surface area contributed by atoms with Gasteiger partial charge in [-0.25, -0.2) is 0 Å². The molecule has 84 valence electrons. The van der Waals surface area contributed by atoms with Gasteiger partial charge in [0.1, 0.15) is 0 Å². The molecule has 0 N–H and O–H groups in total. The lowest BCUT2D eigenvalue weighted by atomic mass is 10.2. The van der Waals surface area contributed by atoms with Crippen molar-refractivity contribution in [3.8, 4) is 0 Å². The lowest BCUT2D eigenvalue weighted by Crippen LogP contribution is -1.96. The van der Waals surface area contributed by atoms with Crippen LogP contribution in [0.3, 0.4) is 0 Å². The Morgan fingerprint density at radius 2 is 1.65 bits per heavy atom. The minimum atomic E-state index is 0.0863. The Morgan fingerprint density at radius 1 is 0.941 bits per heavy atom. The highest BCUT2D eigenvalue weighted by Gasteiger charge is 2.07. The average Bonchev–Trinajstić information content (AvgIpc) is 2.65. The molecule has 4 heteroatoms. The minimum absolute atomic E-state index is 0.0863. The van der Waals surface area contributed by atoms with Crippen molar-refractivity contribution >= 4 is 64.1 Å². The SMILES string of the molecule is O=c1c2cc(Br)sc2cc(Br)c2ccccc12. The third-order valence-electron chi connectivity index (χ3n) is 2.66. The summed E-state index contributed by atoms with van der Waals surface area (Å²) in [6, 6.07) is 11.6. The standard InChI is InChI=1S/C13H6Br2OS/c14-10-6-11-9(5-12(15)17-11)13(16)8-4-2-1-3-7(8)10/h1-6H. The highest BCUT2D eigenvalue weighted by Crippen LogP contribution is 2.31. The van der Waals surface area contributed by atoms with E-state index >= 15 is 0 Å². The van der Waals surface area contributed by atoms with Crippen molar-refractivity contribution in [2.45, 2.75) is 0 Å². The van der Waals surface area contributed by atoms with Gasteiger partial charge in [0.05, 0.1) is 3.79 Å². The highest BCUT2D eigenvalue weighted by molar-refractivity contribution is 9.11. The number of thiophene rings is 1. The molecule has 0 bridgehead atoms. The molecule has 0 amide bonds. The Kier molecular flexibility index (Phi) is 2.81. The predicted molar refractivity (Wildman–Crippen MR) is 81.0 cm³/mol. The molecule has 0 aliphatic heterocycles. The lowest BCUT2D eigenvalue weighted by Gasteiger charge is -1.92. The van der Waals surface area contributed by atoms with Gasteiger partial charge >= 0.3 is 0 Å². The fourth-order valence-corrected chi connectivity index (χ4v) is 4.19. The molecule has 0 fully saturated rings. The van der Waals surface area contributed by atoms with Gasteiger partial charge in [0.2, 0.25) is 0 Å². The van der Waals surface area contributed by atoms with E-state index in [9.17, 15) is 4.79 Å². The fourth-order valence-electron chi connectivity index (χ4n) is 1.89. The molecule has 0 unspecified atom stereocenters. The number of fused-ring (bicyclic) bond motifs is 2. The van der Waals surface area contributed by atoms with E-state index in [1.54, 1.807) is 11.3 Å². The van der Waals surface area contributed by atoms with Crippen LogP contribution in [0.5, 0.6) is 0 Å². The molecule has 2 aromatic carbocycles. The van der Waals surface area contributed by atoms with Gasteiger partial charge in [-0.15, -0.1) is 11.3 Å². The zero-order chi connectivity index (χ0) is 12.0. The first-order valence-corrected chi connectivity index (χ1v) is 7.37. The van der Waals surface area contributed by atoms with E-state index in [0.29, 0.717) is 0 Å². The summed E-state index contributed by atoms with van der Waals surface area (Å²) >= 11 is 8.54. The molecule has 0 aliphatic rings.